The van der Waals surface area contributed by atoms with Crippen LogP contribution in [0.3, 0.4) is 0 Å². The van der Waals surface area contributed by atoms with Crippen molar-refractivity contribution in [1.82, 2.24) is 0 Å². The molecular formula is C23H30O4. The van der Waals surface area contributed by atoms with Gasteiger partial charge >= 0.3 is 0 Å². The molecule has 2 rings (SSSR count). The third-order valence-corrected chi connectivity index (χ3v) is 4.83. The van der Waals surface area contributed by atoms with Crippen molar-refractivity contribution >= 4 is 5.78 Å². The van der Waals surface area contributed by atoms with Crippen molar-refractivity contribution in [3.05, 3.63) is 53.1 Å². The van der Waals surface area contributed by atoms with Crippen molar-refractivity contribution in [2.24, 2.45) is 5.92 Å². The Morgan fingerprint density at radius 1 is 0.963 bits per heavy atom. The molecule has 2 aromatic carbocycles. The van der Waals surface area contributed by atoms with Gasteiger partial charge in [-0.05, 0) is 73.6 Å². The normalized spacial score (nSPS) is 11.7. The lowest BCUT2D eigenvalue weighted by Gasteiger charge is -2.14. The number of carbonyl (C=O) groups excluding carboxylic acids is 1. The van der Waals surface area contributed by atoms with Gasteiger partial charge < -0.3 is 14.2 Å². The minimum atomic E-state index is 0.131. The molecule has 4 heteroatoms. The van der Waals surface area contributed by atoms with Gasteiger partial charge in [0.15, 0.2) is 17.3 Å². The highest BCUT2D eigenvalue weighted by atomic mass is 16.5. The van der Waals surface area contributed by atoms with E-state index in [4.69, 9.17) is 14.2 Å². The first-order valence-corrected chi connectivity index (χ1v) is 9.35. The van der Waals surface area contributed by atoms with Crippen LogP contribution in [0.1, 0.15) is 36.5 Å². The first-order chi connectivity index (χ1) is 12.9. The van der Waals surface area contributed by atoms with E-state index in [2.05, 4.69) is 13.8 Å². The summed E-state index contributed by atoms with van der Waals surface area (Å²) in [6.45, 7) is 6.39. The maximum absolute atomic E-state index is 12.1. The fraction of sp³-hybridized carbons (Fsp3) is 0.435. The first-order valence-electron chi connectivity index (χ1n) is 9.35. The molecule has 0 N–H and O–H groups in total. The summed E-state index contributed by atoms with van der Waals surface area (Å²) in [4.78, 5) is 12.1. The van der Waals surface area contributed by atoms with E-state index in [9.17, 15) is 4.79 Å². The van der Waals surface area contributed by atoms with Crippen LogP contribution in [-0.2, 0) is 11.2 Å². The molecular weight excluding hydrogens is 340 g/mol. The van der Waals surface area contributed by atoms with E-state index in [1.165, 1.54) is 16.7 Å². The van der Waals surface area contributed by atoms with E-state index >= 15 is 0 Å². The largest absolute Gasteiger partial charge is 0.493 e. The molecule has 0 fully saturated rings. The molecule has 0 amide bonds. The van der Waals surface area contributed by atoms with Gasteiger partial charge in [0, 0.05) is 6.42 Å². The van der Waals surface area contributed by atoms with Crippen LogP contribution in [0.5, 0.6) is 17.2 Å². The summed E-state index contributed by atoms with van der Waals surface area (Å²) >= 11 is 0. The second kappa shape index (κ2) is 10.0. The number of ketones is 1. The number of methoxy groups -OCH3 is 2. The Labute approximate surface area is 162 Å². The van der Waals surface area contributed by atoms with E-state index in [1.807, 2.05) is 43.3 Å². The highest BCUT2D eigenvalue weighted by Crippen LogP contribution is 2.29. The van der Waals surface area contributed by atoms with Crippen LogP contribution in [0.2, 0.25) is 0 Å². The Morgan fingerprint density at radius 2 is 1.70 bits per heavy atom. The van der Waals surface area contributed by atoms with Crippen LogP contribution >= 0.6 is 0 Å². The van der Waals surface area contributed by atoms with Crippen LogP contribution in [-0.4, -0.2) is 26.6 Å². The number of hydrogen-bond donors (Lipinski definition) is 0. The third-order valence-electron chi connectivity index (χ3n) is 4.83. The summed E-state index contributed by atoms with van der Waals surface area (Å²) in [5.41, 5.74) is 3.57. The minimum Gasteiger partial charge on any atom is -0.493 e. The monoisotopic (exact) mass is 370 g/mol. The Kier molecular flexibility index (Phi) is 7.71. The first kappa shape index (κ1) is 20.8. The summed E-state index contributed by atoms with van der Waals surface area (Å²) in [5.74, 6) is 2.75. The molecule has 0 aliphatic carbocycles. The van der Waals surface area contributed by atoms with Gasteiger partial charge in [0.05, 0.1) is 14.2 Å². The number of rotatable bonds is 10. The summed E-state index contributed by atoms with van der Waals surface area (Å²) in [7, 11) is 3.27. The molecule has 0 radical (unpaired) electrons. The maximum atomic E-state index is 12.1. The molecule has 0 bridgehead atoms. The molecule has 2 aromatic rings. The lowest BCUT2D eigenvalue weighted by atomic mass is 9.95. The van der Waals surface area contributed by atoms with Crippen LogP contribution in [0, 0.1) is 19.8 Å². The topological polar surface area (TPSA) is 44.8 Å². The van der Waals surface area contributed by atoms with Gasteiger partial charge in [0.2, 0.25) is 0 Å². The number of Topliss-reactive ketones (excluding diaryl/α,β-unsaturated/α-hetero) is 1. The predicted molar refractivity (Wildman–Crippen MR) is 108 cm³/mol. The second-order valence-electron chi connectivity index (χ2n) is 7.11. The third kappa shape index (κ3) is 6.31. The van der Waals surface area contributed by atoms with Crippen molar-refractivity contribution in [2.75, 3.05) is 20.8 Å². The summed E-state index contributed by atoms with van der Waals surface area (Å²) in [5, 5.41) is 0. The van der Waals surface area contributed by atoms with Crippen LogP contribution < -0.4 is 14.2 Å². The lowest BCUT2D eigenvalue weighted by Crippen LogP contribution is -2.13. The molecule has 0 heterocycles. The SMILES string of the molecule is COc1ccc(C[C@@H](C)CCC(=O)COc2ccc(C)c(C)c2)cc1OC. The molecule has 27 heavy (non-hydrogen) atoms. The average Bonchev–Trinajstić information content (AvgIpc) is 2.67. The van der Waals surface area contributed by atoms with Crippen LogP contribution in [0.25, 0.3) is 0 Å². The van der Waals surface area contributed by atoms with Crippen LogP contribution in [0.4, 0.5) is 0 Å². The number of benzene rings is 2. The number of carbonyl (C=O) groups is 1. The van der Waals surface area contributed by atoms with Crippen molar-refractivity contribution < 1.29 is 19.0 Å². The number of aryl methyl sites for hydroxylation is 2. The lowest BCUT2D eigenvalue weighted by molar-refractivity contribution is -0.121. The zero-order valence-electron chi connectivity index (χ0n) is 17.0. The zero-order valence-corrected chi connectivity index (χ0v) is 17.0. The Balaban J connectivity index is 1.78. The standard InChI is InChI=1S/C23H30O4/c1-16(12-19-8-11-22(25-4)23(14-19)26-5)6-9-20(24)15-27-21-10-7-17(2)18(3)13-21/h7-8,10-11,13-14,16H,6,9,12,15H2,1-5H3/t16-/m0/s1. The molecule has 0 aromatic heterocycles. The summed E-state index contributed by atoms with van der Waals surface area (Å²) < 4.78 is 16.2. The molecule has 1 atom stereocenters. The van der Waals surface area contributed by atoms with Crippen molar-refractivity contribution in [3.8, 4) is 17.2 Å². The van der Waals surface area contributed by atoms with Gasteiger partial charge in [0.25, 0.3) is 0 Å². The van der Waals surface area contributed by atoms with E-state index < -0.39 is 0 Å². The van der Waals surface area contributed by atoms with Gasteiger partial charge in [-0.1, -0.05) is 19.1 Å². The Morgan fingerprint density at radius 3 is 2.37 bits per heavy atom. The molecule has 146 valence electrons. The van der Waals surface area contributed by atoms with Gasteiger partial charge in [-0.15, -0.1) is 0 Å². The number of ether oxygens (including phenoxy) is 3. The minimum absolute atomic E-state index is 0.131. The van der Waals surface area contributed by atoms with E-state index in [0.717, 1.165) is 30.1 Å². The Hall–Kier alpha value is -2.49. The zero-order chi connectivity index (χ0) is 19.8. The van der Waals surface area contributed by atoms with Crippen LogP contribution in [0.15, 0.2) is 36.4 Å². The van der Waals surface area contributed by atoms with E-state index in [-0.39, 0.29) is 12.4 Å². The highest BCUT2D eigenvalue weighted by Gasteiger charge is 2.11. The fourth-order valence-corrected chi connectivity index (χ4v) is 2.96. The molecule has 4 nitrogen and oxygen atoms in total. The quantitative estimate of drug-likeness (QED) is 0.595. The van der Waals surface area contributed by atoms with Gasteiger partial charge in [0.1, 0.15) is 12.4 Å². The van der Waals surface area contributed by atoms with E-state index in [0.29, 0.717) is 12.3 Å². The Bertz CT molecular complexity index is 767. The maximum Gasteiger partial charge on any atom is 0.170 e. The van der Waals surface area contributed by atoms with Crippen molar-refractivity contribution in [2.45, 2.75) is 40.0 Å². The number of hydrogen-bond acceptors (Lipinski definition) is 4. The molecule has 0 saturated carbocycles. The molecule has 0 aliphatic heterocycles. The van der Waals surface area contributed by atoms with Gasteiger partial charge in [-0.2, -0.15) is 0 Å². The molecule has 0 aliphatic rings. The van der Waals surface area contributed by atoms with Gasteiger partial charge in [-0.25, -0.2) is 0 Å². The molecule has 0 spiro atoms. The summed E-state index contributed by atoms with van der Waals surface area (Å²) in [6.07, 6.45) is 2.26. The van der Waals surface area contributed by atoms with Crippen molar-refractivity contribution in [1.29, 1.82) is 0 Å². The molecule has 0 unspecified atom stereocenters. The smallest absolute Gasteiger partial charge is 0.170 e. The van der Waals surface area contributed by atoms with Crippen molar-refractivity contribution in [3.63, 3.8) is 0 Å². The predicted octanol–water partition coefficient (Wildman–Crippen LogP) is 4.93. The van der Waals surface area contributed by atoms with Gasteiger partial charge in [-0.3, -0.25) is 4.79 Å². The summed E-state index contributed by atoms with van der Waals surface area (Å²) in [6, 6.07) is 11.9. The average molecular weight is 370 g/mol. The second-order valence-corrected chi connectivity index (χ2v) is 7.11. The fourth-order valence-electron chi connectivity index (χ4n) is 2.96. The van der Waals surface area contributed by atoms with E-state index in [1.54, 1.807) is 14.2 Å². The molecule has 0 saturated heterocycles. The highest BCUT2D eigenvalue weighted by molar-refractivity contribution is 5.79.